The van der Waals surface area contributed by atoms with Gasteiger partial charge >= 0.3 is 0 Å². The lowest BCUT2D eigenvalue weighted by Crippen LogP contribution is -2.44. The zero-order valence-electron chi connectivity index (χ0n) is 15.1. The largest absolute Gasteiger partial charge is 0.375 e. The number of fused-ring (bicyclic) bond motifs is 1. The standard InChI is InChI=1S/C20H23N5O2/c26-20(23-12-17-11-22-19-13-21-6-7-25(17)19)10-18-15-24(8-9-27-18)14-16-4-2-1-3-5-16/h1-7,11,13,18H,8-10,12,14-15H2,(H,23,26)/t18-/m0/s1. The smallest absolute Gasteiger partial charge is 0.222 e. The van der Waals surface area contributed by atoms with Crippen molar-refractivity contribution in [1.82, 2.24) is 24.6 Å². The maximum absolute atomic E-state index is 12.4. The summed E-state index contributed by atoms with van der Waals surface area (Å²) in [6, 6.07) is 10.4. The predicted molar refractivity (Wildman–Crippen MR) is 101 cm³/mol. The van der Waals surface area contributed by atoms with E-state index in [1.807, 2.05) is 16.7 Å². The molecule has 1 aliphatic rings. The molecule has 0 radical (unpaired) electrons. The molecule has 0 spiro atoms. The summed E-state index contributed by atoms with van der Waals surface area (Å²) >= 11 is 0. The Hall–Kier alpha value is -2.77. The van der Waals surface area contributed by atoms with E-state index in [2.05, 4.69) is 44.5 Å². The van der Waals surface area contributed by atoms with E-state index in [1.54, 1.807) is 18.6 Å². The van der Waals surface area contributed by atoms with Crippen molar-refractivity contribution in [2.75, 3.05) is 19.7 Å². The number of nitrogens with zero attached hydrogens (tertiary/aromatic N) is 4. The highest BCUT2D eigenvalue weighted by Gasteiger charge is 2.23. The molecule has 1 saturated heterocycles. The summed E-state index contributed by atoms with van der Waals surface area (Å²) in [4.78, 5) is 23.0. The summed E-state index contributed by atoms with van der Waals surface area (Å²) in [5, 5.41) is 2.97. The Morgan fingerprint density at radius 1 is 1.26 bits per heavy atom. The normalized spacial score (nSPS) is 17.9. The third-order valence-electron chi connectivity index (χ3n) is 4.75. The Labute approximate surface area is 158 Å². The Morgan fingerprint density at radius 2 is 2.15 bits per heavy atom. The van der Waals surface area contributed by atoms with Gasteiger partial charge in [0, 0.05) is 32.0 Å². The number of rotatable bonds is 6. The van der Waals surface area contributed by atoms with E-state index in [0.717, 1.165) is 31.0 Å². The molecular weight excluding hydrogens is 342 g/mol. The minimum Gasteiger partial charge on any atom is -0.375 e. The lowest BCUT2D eigenvalue weighted by molar-refractivity contribution is -0.126. The molecule has 1 aliphatic heterocycles. The van der Waals surface area contributed by atoms with E-state index < -0.39 is 0 Å². The van der Waals surface area contributed by atoms with E-state index in [9.17, 15) is 4.79 Å². The first-order valence-electron chi connectivity index (χ1n) is 9.18. The molecular formula is C20H23N5O2. The van der Waals surface area contributed by atoms with Gasteiger partial charge in [-0.25, -0.2) is 4.98 Å². The van der Waals surface area contributed by atoms with Gasteiger partial charge < -0.3 is 10.1 Å². The molecule has 0 aliphatic carbocycles. The molecule has 27 heavy (non-hydrogen) atoms. The summed E-state index contributed by atoms with van der Waals surface area (Å²) in [7, 11) is 0. The van der Waals surface area contributed by atoms with Crippen molar-refractivity contribution in [3.05, 3.63) is 66.4 Å². The van der Waals surface area contributed by atoms with Gasteiger partial charge in [0.2, 0.25) is 5.91 Å². The Balaban J connectivity index is 1.27. The van der Waals surface area contributed by atoms with Gasteiger partial charge in [-0.1, -0.05) is 30.3 Å². The van der Waals surface area contributed by atoms with Gasteiger partial charge in [0.25, 0.3) is 0 Å². The number of carbonyl (C=O) groups is 1. The predicted octanol–water partition coefficient (Wildman–Crippen LogP) is 1.64. The number of morpholine rings is 1. The van der Waals surface area contributed by atoms with Crippen molar-refractivity contribution < 1.29 is 9.53 Å². The average Bonchev–Trinajstić information content (AvgIpc) is 3.11. The molecule has 3 heterocycles. The first-order chi connectivity index (χ1) is 13.3. The number of aromatic nitrogens is 3. The van der Waals surface area contributed by atoms with E-state index in [1.165, 1.54) is 5.56 Å². The summed E-state index contributed by atoms with van der Waals surface area (Å²) in [6.07, 6.45) is 7.29. The molecule has 2 aromatic heterocycles. The molecule has 3 aromatic rings. The number of ether oxygens (including phenoxy) is 1. The molecule has 1 amide bonds. The van der Waals surface area contributed by atoms with Crippen LogP contribution >= 0.6 is 0 Å². The van der Waals surface area contributed by atoms with Crippen molar-refractivity contribution in [2.24, 2.45) is 0 Å². The number of hydrogen-bond donors (Lipinski definition) is 1. The number of nitrogens with one attached hydrogen (secondary N) is 1. The van der Waals surface area contributed by atoms with Crippen molar-refractivity contribution in [2.45, 2.75) is 25.6 Å². The monoisotopic (exact) mass is 365 g/mol. The maximum Gasteiger partial charge on any atom is 0.222 e. The fourth-order valence-electron chi connectivity index (χ4n) is 3.38. The zero-order chi connectivity index (χ0) is 18.5. The fraction of sp³-hybridized carbons (Fsp3) is 0.350. The summed E-state index contributed by atoms with van der Waals surface area (Å²) < 4.78 is 7.72. The fourth-order valence-corrected chi connectivity index (χ4v) is 3.38. The van der Waals surface area contributed by atoms with Crippen LogP contribution in [0.3, 0.4) is 0 Å². The lowest BCUT2D eigenvalue weighted by atomic mass is 10.1. The van der Waals surface area contributed by atoms with Crippen molar-refractivity contribution in [3.8, 4) is 0 Å². The quantitative estimate of drug-likeness (QED) is 0.719. The molecule has 0 saturated carbocycles. The van der Waals surface area contributed by atoms with Crippen LogP contribution in [0.5, 0.6) is 0 Å². The second-order valence-electron chi connectivity index (χ2n) is 6.75. The Bertz CT molecular complexity index is 896. The van der Waals surface area contributed by atoms with E-state index >= 15 is 0 Å². The number of hydrogen-bond acceptors (Lipinski definition) is 5. The van der Waals surface area contributed by atoms with Crippen LogP contribution < -0.4 is 5.32 Å². The lowest BCUT2D eigenvalue weighted by Gasteiger charge is -2.32. The molecule has 0 unspecified atom stereocenters. The summed E-state index contributed by atoms with van der Waals surface area (Å²) in [5.41, 5.74) is 2.98. The van der Waals surface area contributed by atoms with Crippen LogP contribution in [0.2, 0.25) is 0 Å². The maximum atomic E-state index is 12.4. The van der Waals surface area contributed by atoms with Crippen molar-refractivity contribution in [3.63, 3.8) is 0 Å². The molecule has 4 rings (SSSR count). The molecule has 7 nitrogen and oxygen atoms in total. The van der Waals surface area contributed by atoms with E-state index in [-0.39, 0.29) is 12.0 Å². The minimum atomic E-state index is -0.0751. The van der Waals surface area contributed by atoms with Gasteiger partial charge in [-0.05, 0) is 5.56 Å². The Morgan fingerprint density at radius 3 is 3.04 bits per heavy atom. The Kier molecular flexibility index (Phi) is 5.41. The second-order valence-corrected chi connectivity index (χ2v) is 6.75. The molecule has 140 valence electrons. The van der Waals surface area contributed by atoms with Gasteiger partial charge in [0.05, 0.1) is 43.8 Å². The van der Waals surface area contributed by atoms with Gasteiger partial charge in [-0.15, -0.1) is 0 Å². The number of amides is 1. The van der Waals surface area contributed by atoms with Gasteiger partial charge in [0.15, 0.2) is 5.65 Å². The zero-order valence-corrected chi connectivity index (χ0v) is 15.1. The number of carbonyl (C=O) groups excluding carboxylic acids is 1. The molecule has 7 heteroatoms. The van der Waals surface area contributed by atoms with Crippen LogP contribution in [0.4, 0.5) is 0 Å². The highest BCUT2D eigenvalue weighted by molar-refractivity contribution is 5.76. The molecule has 1 N–H and O–H groups in total. The van der Waals surface area contributed by atoms with Crippen LogP contribution in [-0.4, -0.2) is 51.0 Å². The van der Waals surface area contributed by atoms with Crippen LogP contribution in [-0.2, 0) is 22.6 Å². The first kappa shape index (κ1) is 17.6. The summed E-state index contributed by atoms with van der Waals surface area (Å²) in [5.74, 6) is -0.00873. The number of imidazole rings is 1. The van der Waals surface area contributed by atoms with E-state index in [0.29, 0.717) is 19.6 Å². The van der Waals surface area contributed by atoms with Crippen LogP contribution in [0, 0.1) is 0 Å². The minimum absolute atomic E-state index is 0.00873. The van der Waals surface area contributed by atoms with Crippen molar-refractivity contribution in [1.29, 1.82) is 0 Å². The highest BCUT2D eigenvalue weighted by atomic mass is 16.5. The summed E-state index contributed by atoms with van der Waals surface area (Å²) in [6.45, 7) is 3.64. The first-order valence-corrected chi connectivity index (χ1v) is 9.18. The molecule has 1 atom stereocenters. The SMILES string of the molecule is O=C(C[C@H]1CN(Cc2ccccc2)CCO1)NCc1cnc2cnccn12. The topological polar surface area (TPSA) is 71.8 Å². The van der Waals surface area contributed by atoms with Gasteiger partial charge in [-0.3, -0.25) is 19.1 Å². The molecule has 1 fully saturated rings. The molecule has 0 bridgehead atoms. The second kappa shape index (κ2) is 8.28. The van der Waals surface area contributed by atoms with Crippen LogP contribution in [0.15, 0.2) is 55.1 Å². The van der Waals surface area contributed by atoms with Gasteiger partial charge in [-0.2, -0.15) is 0 Å². The number of benzene rings is 1. The van der Waals surface area contributed by atoms with Crippen molar-refractivity contribution >= 4 is 11.6 Å². The third-order valence-corrected chi connectivity index (χ3v) is 4.75. The van der Waals surface area contributed by atoms with E-state index in [4.69, 9.17) is 4.74 Å². The molecule has 1 aromatic carbocycles. The van der Waals surface area contributed by atoms with Crippen LogP contribution in [0.25, 0.3) is 5.65 Å². The third kappa shape index (κ3) is 4.50. The van der Waals surface area contributed by atoms with Crippen LogP contribution in [0.1, 0.15) is 17.7 Å². The van der Waals surface area contributed by atoms with Gasteiger partial charge in [0.1, 0.15) is 0 Å². The highest BCUT2D eigenvalue weighted by Crippen LogP contribution is 2.13. The average molecular weight is 365 g/mol.